The van der Waals surface area contributed by atoms with Crippen molar-refractivity contribution in [1.82, 2.24) is 0 Å². The van der Waals surface area contributed by atoms with Crippen LogP contribution in [-0.2, 0) is 25.4 Å². The summed E-state index contributed by atoms with van der Waals surface area (Å²) in [5, 5.41) is 0. The van der Waals surface area contributed by atoms with Crippen molar-refractivity contribution in [3.8, 4) is 0 Å². The summed E-state index contributed by atoms with van der Waals surface area (Å²) in [5.41, 5.74) is 0.807. The molecule has 0 aromatic heterocycles. The molecule has 5 nitrogen and oxygen atoms in total. The van der Waals surface area contributed by atoms with Crippen molar-refractivity contribution in [2.24, 2.45) is 0 Å². The van der Waals surface area contributed by atoms with E-state index in [0.29, 0.717) is 0 Å². The lowest BCUT2D eigenvalue weighted by molar-refractivity contribution is -0.152. The molecule has 0 N–H and O–H groups in total. The zero-order valence-electron chi connectivity index (χ0n) is 8.76. The molecule has 0 fully saturated rings. The summed E-state index contributed by atoms with van der Waals surface area (Å²) in [4.78, 5) is 21.7. The molecule has 0 heterocycles. The molecule has 0 bridgehead atoms. The molecule has 0 saturated carbocycles. The maximum absolute atomic E-state index is 11.2. The molecule has 0 aliphatic heterocycles. The molecule has 0 aliphatic rings. The van der Waals surface area contributed by atoms with Crippen molar-refractivity contribution >= 4 is 12.1 Å². The maximum atomic E-state index is 11.2. The summed E-state index contributed by atoms with van der Waals surface area (Å²) in [6.45, 7) is -0.440. The minimum Gasteiger partial charge on any atom is -0.438 e. The number of ether oxygens (including phenoxy) is 3. The largest absolute Gasteiger partial charge is 0.510 e. The van der Waals surface area contributed by atoms with Gasteiger partial charge in [0, 0.05) is 0 Å². The maximum Gasteiger partial charge on any atom is 0.510 e. The van der Waals surface area contributed by atoms with E-state index in [9.17, 15) is 9.59 Å². The molecule has 0 unspecified atom stereocenters. The summed E-state index contributed by atoms with van der Waals surface area (Å²) in [7, 11) is 1.17. The van der Waals surface area contributed by atoms with Gasteiger partial charge >= 0.3 is 12.1 Å². The van der Waals surface area contributed by atoms with Crippen LogP contribution in [0.5, 0.6) is 0 Å². The third-order valence-corrected chi connectivity index (χ3v) is 1.70. The number of carbonyl (C=O) groups is 2. The predicted molar refractivity (Wildman–Crippen MR) is 53.4 cm³/mol. The van der Waals surface area contributed by atoms with Crippen molar-refractivity contribution in [2.75, 3.05) is 13.9 Å². The summed E-state index contributed by atoms with van der Waals surface area (Å²) < 4.78 is 13.2. The predicted octanol–water partition coefficient (Wildman–Crippen LogP) is 1.31. The fourth-order valence-electron chi connectivity index (χ4n) is 0.959. The summed E-state index contributed by atoms with van der Waals surface area (Å²) in [6.07, 6.45) is -0.763. The van der Waals surface area contributed by atoms with Crippen LogP contribution in [0.25, 0.3) is 0 Å². The molecule has 16 heavy (non-hydrogen) atoms. The summed E-state index contributed by atoms with van der Waals surface area (Å²) in [5.74, 6) is -0.477. The van der Waals surface area contributed by atoms with E-state index in [1.54, 1.807) is 24.3 Å². The van der Waals surface area contributed by atoms with Crippen LogP contribution in [-0.4, -0.2) is 26.0 Å². The fourth-order valence-corrected chi connectivity index (χ4v) is 0.959. The molecule has 1 aromatic rings. The topological polar surface area (TPSA) is 61.8 Å². The average Bonchev–Trinajstić information content (AvgIpc) is 2.30. The first-order valence-corrected chi connectivity index (χ1v) is 4.53. The van der Waals surface area contributed by atoms with Crippen LogP contribution in [0.3, 0.4) is 0 Å². The third-order valence-electron chi connectivity index (χ3n) is 1.70. The van der Waals surface area contributed by atoms with Gasteiger partial charge in [-0.25, -0.2) is 4.79 Å². The monoisotopic (exact) mass is 223 g/mol. The van der Waals surface area contributed by atoms with Gasteiger partial charge in [0.15, 0.2) is 0 Å². The van der Waals surface area contributed by atoms with Crippen LogP contribution >= 0.6 is 0 Å². The molecule has 85 valence electrons. The highest BCUT2D eigenvalue weighted by Gasteiger charge is 2.06. The summed E-state index contributed by atoms with van der Waals surface area (Å²) >= 11 is 0. The zero-order chi connectivity index (χ0) is 11.8. The van der Waals surface area contributed by atoms with Gasteiger partial charge in [0.2, 0.25) is 6.79 Å². The molecular formula is C11H11O5. The zero-order valence-corrected chi connectivity index (χ0v) is 8.76. The number of methoxy groups -OCH3 is 1. The second-order valence-electron chi connectivity index (χ2n) is 2.82. The Morgan fingerprint density at radius 2 is 1.94 bits per heavy atom. The Balaban J connectivity index is 2.24. The highest BCUT2D eigenvalue weighted by atomic mass is 16.8. The quantitative estimate of drug-likeness (QED) is 0.569. The van der Waals surface area contributed by atoms with Gasteiger partial charge in [0.1, 0.15) is 0 Å². The normalized spacial score (nSPS) is 9.31. The minimum atomic E-state index is -0.887. The van der Waals surface area contributed by atoms with E-state index in [1.165, 1.54) is 7.11 Å². The van der Waals surface area contributed by atoms with Crippen molar-refractivity contribution in [3.05, 3.63) is 35.9 Å². The van der Waals surface area contributed by atoms with Gasteiger partial charge in [-0.05, 0) is 11.6 Å². The van der Waals surface area contributed by atoms with Crippen LogP contribution in [0.4, 0.5) is 4.79 Å². The first kappa shape index (κ1) is 12.0. The summed E-state index contributed by atoms with van der Waals surface area (Å²) in [6, 6.07) is 9.74. The van der Waals surface area contributed by atoms with Crippen LogP contribution in [0, 0.1) is 6.07 Å². The van der Waals surface area contributed by atoms with E-state index in [0.717, 1.165) is 5.56 Å². The van der Waals surface area contributed by atoms with Crippen LogP contribution < -0.4 is 0 Å². The van der Waals surface area contributed by atoms with Gasteiger partial charge in [0.05, 0.1) is 13.5 Å². The van der Waals surface area contributed by atoms with Crippen molar-refractivity contribution < 1.29 is 23.8 Å². The Bertz CT molecular complexity index is 347. The Kier molecular flexibility index (Phi) is 4.85. The standard InChI is InChI=1S/C11H11O5/c1-14-11(13)16-8-15-10(12)7-9-5-3-2-4-6-9/h3-6H,7-8H2,1H3. The van der Waals surface area contributed by atoms with E-state index in [2.05, 4.69) is 20.3 Å². The smallest absolute Gasteiger partial charge is 0.438 e. The Hall–Kier alpha value is -2.04. The van der Waals surface area contributed by atoms with E-state index >= 15 is 0 Å². The second kappa shape index (κ2) is 6.44. The Morgan fingerprint density at radius 3 is 2.56 bits per heavy atom. The minimum absolute atomic E-state index is 0.124. The van der Waals surface area contributed by atoms with Gasteiger partial charge in [-0.15, -0.1) is 0 Å². The van der Waals surface area contributed by atoms with E-state index in [4.69, 9.17) is 0 Å². The van der Waals surface area contributed by atoms with E-state index in [1.807, 2.05) is 0 Å². The first-order valence-electron chi connectivity index (χ1n) is 4.53. The molecule has 0 atom stereocenters. The van der Waals surface area contributed by atoms with Gasteiger partial charge in [-0.2, -0.15) is 0 Å². The van der Waals surface area contributed by atoms with Gasteiger partial charge in [-0.3, -0.25) is 4.79 Å². The molecule has 0 saturated heterocycles. The van der Waals surface area contributed by atoms with Crippen LogP contribution in [0.1, 0.15) is 5.56 Å². The van der Waals surface area contributed by atoms with Crippen LogP contribution in [0.2, 0.25) is 0 Å². The van der Waals surface area contributed by atoms with Crippen LogP contribution in [0.15, 0.2) is 24.3 Å². The lowest BCUT2D eigenvalue weighted by atomic mass is 10.2. The number of hydrogen-bond donors (Lipinski definition) is 0. The van der Waals surface area contributed by atoms with Gasteiger partial charge in [-0.1, -0.05) is 24.3 Å². The molecule has 0 aliphatic carbocycles. The lowest BCUT2D eigenvalue weighted by Gasteiger charge is -2.04. The van der Waals surface area contributed by atoms with Gasteiger partial charge < -0.3 is 14.2 Å². The molecule has 1 radical (unpaired) electrons. The second-order valence-corrected chi connectivity index (χ2v) is 2.82. The van der Waals surface area contributed by atoms with Crippen molar-refractivity contribution in [3.63, 3.8) is 0 Å². The molecule has 1 aromatic carbocycles. The highest BCUT2D eigenvalue weighted by Crippen LogP contribution is 2.00. The first-order chi connectivity index (χ1) is 7.72. The van der Waals surface area contributed by atoms with Crippen molar-refractivity contribution in [1.29, 1.82) is 0 Å². The number of benzene rings is 1. The lowest BCUT2D eigenvalue weighted by Crippen LogP contribution is -2.14. The molecular weight excluding hydrogens is 212 g/mol. The third kappa shape index (κ3) is 4.45. The number of rotatable bonds is 4. The van der Waals surface area contributed by atoms with E-state index < -0.39 is 18.9 Å². The average molecular weight is 223 g/mol. The van der Waals surface area contributed by atoms with E-state index in [-0.39, 0.29) is 6.42 Å². The molecule has 1 rings (SSSR count). The molecule has 5 heteroatoms. The SMILES string of the molecule is COC(=O)OCOC(=O)Cc1cc[c]cc1. The Morgan fingerprint density at radius 1 is 1.25 bits per heavy atom. The fraction of sp³-hybridized carbons (Fsp3) is 0.273. The number of esters is 1. The molecule has 0 spiro atoms. The molecule has 0 amide bonds. The number of carbonyl (C=O) groups excluding carboxylic acids is 2. The highest BCUT2D eigenvalue weighted by molar-refractivity contribution is 5.72. The number of hydrogen-bond acceptors (Lipinski definition) is 5. The van der Waals surface area contributed by atoms with Crippen molar-refractivity contribution in [2.45, 2.75) is 6.42 Å². The Labute approximate surface area is 92.9 Å². The van der Waals surface area contributed by atoms with Gasteiger partial charge in [0.25, 0.3) is 0 Å².